The summed E-state index contributed by atoms with van der Waals surface area (Å²) in [5, 5.41) is 0. The first-order valence-corrected chi connectivity index (χ1v) is 16.1. The average molecular weight is 674 g/mol. The number of aromatic nitrogens is 8. The van der Waals surface area contributed by atoms with Crippen LogP contribution in [0.2, 0.25) is 0 Å². The van der Waals surface area contributed by atoms with Crippen LogP contribution in [0.3, 0.4) is 0 Å². The summed E-state index contributed by atoms with van der Waals surface area (Å²) in [7, 11) is -10.0. The van der Waals surface area contributed by atoms with Crippen molar-refractivity contribution in [1.29, 1.82) is 0 Å². The highest BCUT2D eigenvalue weighted by molar-refractivity contribution is 7.56. The monoisotopic (exact) mass is 674 g/mol. The van der Waals surface area contributed by atoms with Gasteiger partial charge in [-0.2, -0.15) is 4.98 Å². The normalized spacial score (nSPS) is 38.0. The maximum absolute atomic E-state index is 15.9. The van der Waals surface area contributed by atoms with Crippen molar-refractivity contribution < 1.29 is 50.7 Å². The van der Waals surface area contributed by atoms with Gasteiger partial charge in [0.15, 0.2) is 47.4 Å². The summed E-state index contributed by atoms with van der Waals surface area (Å²) in [4.78, 5) is 55.3. The molecular formula is C21H22F2N10O10P2. The van der Waals surface area contributed by atoms with Crippen molar-refractivity contribution in [3.05, 3.63) is 41.2 Å². The van der Waals surface area contributed by atoms with Crippen LogP contribution in [0.5, 0.6) is 0 Å². The number of anilines is 2. The van der Waals surface area contributed by atoms with E-state index in [1.807, 2.05) is 0 Å². The molecule has 0 saturated carbocycles. The lowest BCUT2D eigenvalue weighted by Crippen LogP contribution is -2.35. The van der Waals surface area contributed by atoms with E-state index >= 15 is 8.78 Å². The van der Waals surface area contributed by atoms with E-state index < -0.39 is 76.8 Å². The van der Waals surface area contributed by atoms with Crippen LogP contribution in [-0.2, 0) is 32.2 Å². The molecule has 10 atom stereocenters. The zero-order valence-corrected chi connectivity index (χ0v) is 24.1. The minimum atomic E-state index is -5.15. The fraction of sp³-hybridized carbons (Fsp3) is 0.429. The SMILES string of the molecule is Nc1nc2c(ncn2[C@@H]2O[C@@H]3/C=C\P(=O)(O)O[C@H]4[C@@H](F)[C@H](n5cnc6c(N)ncnc65)O[C@@H]4COP(=O)(O)O[C@H]3[C@H]2F)c(=O)[nH]1. The van der Waals surface area contributed by atoms with E-state index in [4.69, 9.17) is 34.5 Å². The third kappa shape index (κ3) is 5.23. The molecule has 3 aliphatic heterocycles. The lowest BCUT2D eigenvalue weighted by molar-refractivity contribution is -0.0481. The number of H-pyrrole nitrogens is 1. The second kappa shape index (κ2) is 10.7. The van der Waals surface area contributed by atoms with Gasteiger partial charge in [-0.15, -0.1) is 0 Å². The number of nitrogens with one attached hydrogen (secondary N) is 1. The zero-order valence-electron chi connectivity index (χ0n) is 22.3. The number of rotatable bonds is 2. The fourth-order valence-electron chi connectivity index (χ4n) is 5.27. The Morgan fingerprint density at radius 2 is 1.62 bits per heavy atom. The lowest BCUT2D eigenvalue weighted by atomic mass is 10.1. The molecule has 0 aromatic carbocycles. The lowest BCUT2D eigenvalue weighted by Gasteiger charge is -2.25. The van der Waals surface area contributed by atoms with E-state index in [9.17, 15) is 23.7 Å². The van der Waals surface area contributed by atoms with Gasteiger partial charge in [-0.05, 0) is 6.08 Å². The van der Waals surface area contributed by atoms with Gasteiger partial charge in [-0.1, -0.05) is 0 Å². The third-order valence-electron chi connectivity index (χ3n) is 7.25. The Morgan fingerprint density at radius 3 is 2.40 bits per heavy atom. The van der Waals surface area contributed by atoms with Crippen LogP contribution in [0.15, 0.2) is 35.7 Å². The molecule has 2 unspecified atom stereocenters. The van der Waals surface area contributed by atoms with E-state index in [0.29, 0.717) is 5.82 Å². The van der Waals surface area contributed by atoms with Gasteiger partial charge >= 0.3 is 15.4 Å². The highest BCUT2D eigenvalue weighted by Gasteiger charge is 2.53. The van der Waals surface area contributed by atoms with Crippen molar-refractivity contribution in [3.63, 3.8) is 0 Å². The molecule has 45 heavy (non-hydrogen) atoms. The molecule has 4 aromatic heterocycles. The van der Waals surface area contributed by atoms with Crippen LogP contribution < -0.4 is 17.0 Å². The zero-order chi connectivity index (χ0) is 31.8. The Bertz CT molecular complexity index is 1990. The van der Waals surface area contributed by atoms with Crippen LogP contribution in [0.4, 0.5) is 20.5 Å². The van der Waals surface area contributed by atoms with Gasteiger partial charge < -0.3 is 30.7 Å². The molecular weight excluding hydrogens is 652 g/mol. The van der Waals surface area contributed by atoms with Crippen molar-refractivity contribution in [2.75, 3.05) is 18.1 Å². The maximum atomic E-state index is 15.9. The quantitative estimate of drug-likeness (QED) is 0.177. The first-order valence-electron chi connectivity index (χ1n) is 12.9. The number of imidazole rings is 2. The van der Waals surface area contributed by atoms with Gasteiger partial charge in [-0.25, -0.2) is 33.3 Å². The molecule has 2 saturated heterocycles. The number of nitrogens with two attached hydrogens (primary N) is 2. The molecule has 2 fully saturated rings. The number of nitrogens with zero attached hydrogens (tertiary/aromatic N) is 7. The second-order valence-electron chi connectivity index (χ2n) is 10.1. The number of hydrogen-bond donors (Lipinski definition) is 5. The molecule has 20 nitrogen and oxygen atoms in total. The van der Waals surface area contributed by atoms with Crippen LogP contribution >= 0.6 is 15.4 Å². The number of ether oxygens (including phenoxy) is 2. The molecule has 7 rings (SSSR count). The van der Waals surface area contributed by atoms with Crippen molar-refractivity contribution in [1.82, 2.24) is 39.0 Å². The Hall–Kier alpha value is -3.72. The smallest absolute Gasteiger partial charge is 0.382 e. The Labute approximate surface area is 248 Å². The molecule has 0 aliphatic carbocycles. The molecule has 0 bridgehead atoms. The van der Waals surface area contributed by atoms with Gasteiger partial charge in [0.2, 0.25) is 5.95 Å². The average Bonchev–Trinajstić information content (AvgIpc) is 3.72. The number of phosphoric ester groups is 1. The van der Waals surface area contributed by atoms with E-state index in [0.717, 1.165) is 34.2 Å². The standard InChI is InChI=1S/C21H22F2N10O10P2/c22-9-13-7(40-20(9)33-6-29-12-17(33)30-21(25)31-18(12)34)1-2-44(35,36)42-14-8(3-39-45(37,38)43-13)41-19(10(14)23)32-5-28-11-15(24)26-4-27-16(11)32/h1-2,4-10,13-14,19-20H,3H2,(H,35,36)(H,37,38)(H2,24,26,27)(H3,25,30,31,34)/b2-1-/t7-,8-,9-,10-,13-,14-,19-,20-/m1/s1. The largest absolute Gasteiger partial charge is 0.472 e. The topological polar surface area (TPSA) is 280 Å². The van der Waals surface area contributed by atoms with Crippen LogP contribution in [-0.4, -0.2) is 92.2 Å². The summed E-state index contributed by atoms with van der Waals surface area (Å²) in [6, 6.07) is 0. The number of alkyl halides is 2. The first-order chi connectivity index (χ1) is 21.3. The first kappa shape index (κ1) is 30.0. The van der Waals surface area contributed by atoms with E-state index in [1.165, 1.54) is 0 Å². The minimum absolute atomic E-state index is 0.00181. The number of halogens is 2. The van der Waals surface area contributed by atoms with Crippen molar-refractivity contribution in [2.45, 2.75) is 49.2 Å². The molecule has 240 valence electrons. The number of fused-ring (bicyclic) bond motifs is 4. The summed E-state index contributed by atoms with van der Waals surface area (Å²) in [5.41, 5.74) is 10.5. The van der Waals surface area contributed by atoms with Gasteiger partial charge in [0.25, 0.3) is 5.56 Å². The molecule has 4 aromatic rings. The Balaban J connectivity index is 1.20. The summed E-state index contributed by atoms with van der Waals surface area (Å²) in [6.07, 6.45) is -10.4. The molecule has 7 N–H and O–H groups in total. The Kier molecular flexibility index (Phi) is 7.11. The molecule has 24 heteroatoms. The fourth-order valence-corrected chi connectivity index (χ4v) is 7.27. The highest BCUT2D eigenvalue weighted by atomic mass is 31.2. The molecule has 0 amide bonds. The van der Waals surface area contributed by atoms with Gasteiger partial charge in [-0.3, -0.25) is 37.0 Å². The van der Waals surface area contributed by atoms with Crippen LogP contribution in [0.1, 0.15) is 12.5 Å². The van der Waals surface area contributed by atoms with Gasteiger partial charge in [0.1, 0.15) is 36.3 Å². The minimum Gasteiger partial charge on any atom is -0.382 e. The van der Waals surface area contributed by atoms with E-state index in [2.05, 4.69) is 29.9 Å². The van der Waals surface area contributed by atoms with Crippen molar-refractivity contribution in [3.8, 4) is 0 Å². The van der Waals surface area contributed by atoms with Gasteiger partial charge in [0, 0.05) is 5.82 Å². The summed E-state index contributed by atoms with van der Waals surface area (Å²) in [5.74, 6) is 0.285. The van der Waals surface area contributed by atoms with Crippen LogP contribution in [0.25, 0.3) is 22.3 Å². The van der Waals surface area contributed by atoms with Crippen LogP contribution in [0, 0.1) is 0 Å². The predicted octanol–water partition coefficient (Wildman–Crippen LogP) is 0.195. The highest BCUT2D eigenvalue weighted by Crippen LogP contribution is 2.54. The van der Waals surface area contributed by atoms with E-state index in [1.54, 1.807) is 0 Å². The molecule has 3 aliphatic rings. The number of nitrogen functional groups attached to an aromatic ring is 2. The second-order valence-corrected chi connectivity index (χ2v) is 13.2. The van der Waals surface area contributed by atoms with Gasteiger partial charge in [0.05, 0.1) is 19.3 Å². The third-order valence-corrected chi connectivity index (χ3v) is 9.33. The van der Waals surface area contributed by atoms with E-state index in [-0.39, 0.29) is 34.1 Å². The van der Waals surface area contributed by atoms with Crippen molar-refractivity contribution in [2.24, 2.45) is 0 Å². The number of phosphoric acid groups is 1. The summed E-state index contributed by atoms with van der Waals surface area (Å²) in [6.45, 7) is -0.903. The predicted molar refractivity (Wildman–Crippen MR) is 144 cm³/mol. The molecule has 7 heterocycles. The summed E-state index contributed by atoms with van der Waals surface area (Å²) >= 11 is 0. The Morgan fingerprint density at radius 1 is 0.933 bits per heavy atom. The number of hydrogen-bond acceptors (Lipinski definition) is 15. The maximum Gasteiger partial charge on any atom is 0.472 e. The molecule has 0 spiro atoms. The molecule has 0 radical (unpaired) electrons. The van der Waals surface area contributed by atoms with Crippen molar-refractivity contribution >= 4 is 49.5 Å². The summed E-state index contributed by atoms with van der Waals surface area (Å²) < 4.78 is 86.8. The number of aromatic amines is 1.